The van der Waals surface area contributed by atoms with E-state index in [-0.39, 0.29) is 35.9 Å². The molecule has 4 rings (SSSR count). The molecule has 0 saturated carbocycles. The van der Waals surface area contributed by atoms with E-state index in [0.717, 1.165) is 5.56 Å². The van der Waals surface area contributed by atoms with Gasteiger partial charge in [0, 0.05) is 6.54 Å². The summed E-state index contributed by atoms with van der Waals surface area (Å²) in [5, 5.41) is 0. The first-order valence-corrected chi connectivity index (χ1v) is 12.2. The van der Waals surface area contributed by atoms with Crippen molar-refractivity contribution in [2.24, 2.45) is 0 Å². The lowest BCUT2D eigenvalue weighted by Crippen LogP contribution is -2.35. The summed E-state index contributed by atoms with van der Waals surface area (Å²) in [6, 6.07) is 16.1. The maximum Gasteiger partial charge on any atom is 0.262 e. The third-order valence-electron chi connectivity index (χ3n) is 6.19. The Morgan fingerprint density at radius 2 is 1.68 bits per heavy atom. The second-order valence-corrected chi connectivity index (χ2v) is 9.23. The first kappa shape index (κ1) is 27.0. The van der Waals surface area contributed by atoms with Crippen LogP contribution >= 0.6 is 0 Å². The Morgan fingerprint density at radius 3 is 2.37 bits per heavy atom. The number of halogens is 1. The number of rotatable bonds is 10. The summed E-state index contributed by atoms with van der Waals surface area (Å²) in [5.74, 6) is -0.111. The van der Waals surface area contributed by atoms with Crippen molar-refractivity contribution in [1.82, 2.24) is 0 Å². The van der Waals surface area contributed by atoms with E-state index in [9.17, 15) is 4.79 Å². The van der Waals surface area contributed by atoms with Gasteiger partial charge in [-0.2, -0.15) is 0 Å². The summed E-state index contributed by atoms with van der Waals surface area (Å²) in [4.78, 5) is 15.3. The highest BCUT2D eigenvalue weighted by molar-refractivity contribution is 6.09. The molecule has 0 atom stereocenters. The van der Waals surface area contributed by atoms with E-state index in [1.165, 1.54) is 32.3 Å². The quantitative estimate of drug-likeness (QED) is 0.310. The van der Waals surface area contributed by atoms with Crippen molar-refractivity contribution in [3.05, 3.63) is 83.2 Å². The van der Waals surface area contributed by atoms with Gasteiger partial charge in [-0.25, -0.2) is 4.39 Å². The van der Waals surface area contributed by atoms with Crippen LogP contribution in [0.5, 0.6) is 23.0 Å². The van der Waals surface area contributed by atoms with Crippen LogP contribution in [-0.4, -0.2) is 46.0 Å². The molecule has 0 fully saturated rings. The predicted molar refractivity (Wildman–Crippen MR) is 144 cm³/mol. The van der Waals surface area contributed by atoms with Crippen LogP contribution in [-0.2, 0) is 11.3 Å². The van der Waals surface area contributed by atoms with Crippen LogP contribution in [0.2, 0.25) is 0 Å². The van der Waals surface area contributed by atoms with E-state index in [2.05, 4.69) is 0 Å². The zero-order valence-electron chi connectivity index (χ0n) is 22.2. The van der Waals surface area contributed by atoms with Gasteiger partial charge in [-0.05, 0) is 55.8 Å². The highest BCUT2D eigenvalue weighted by Gasteiger charge is 2.30. The Morgan fingerprint density at radius 1 is 0.947 bits per heavy atom. The number of carbonyl (C=O) groups excluding carboxylic acids is 1. The van der Waals surface area contributed by atoms with Crippen LogP contribution in [0.1, 0.15) is 35.3 Å². The SMILES string of the molecule is COc1ccc(N(CCOCc2ccccc2)C(=O)c2ccc3c(c2OC)C=CC(C)(C)O3)c(F)c1OC. The smallest absolute Gasteiger partial charge is 0.262 e. The average Bonchev–Trinajstić information content (AvgIpc) is 2.92. The topological polar surface area (TPSA) is 66.5 Å². The van der Waals surface area contributed by atoms with E-state index in [1.54, 1.807) is 18.2 Å². The molecular weight excluding hydrogens is 489 g/mol. The van der Waals surface area contributed by atoms with Gasteiger partial charge >= 0.3 is 0 Å². The zero-order chi connectivity index (χ0) is 27.3. The van der Waals surface area contributed by atoms with Crippen LogP contribution < -0.4 is 23.8 Å². The summed E-state index contributed by atoms with van der Waals surface area (Å²) >= 11 is 0. The first-order valence-electron chi connectivity index (χ1n) is 12.2. The first-order chi connectivity index (χ1) is 18.3. The Kier molecular flexibility index (Phi) is 8.22. The Balaban J connectivity index is 1.69. The molecule has 1 aliphatic heterocycles. The molecule has 0 aliphatic carbocycles. The molecule has 7 nitrogen and oxygen atoms in total. The van der Waals surface area contributed by atoms with E-state index in [1.807, 2.05) is 56.3 Å². The largest absolute Gasteiger partial charge is 0.495 e. The number of hydrogen-bond donors (Lipinski definition) is 0. The number of hydrogen-bond acceptors (Lipinski definition) is 6. The minimum Gasteiger partial charge on any atom is -0.495 e. The lowest BCUT2D eigenvalue weighted by Gasteiger charge is -2.30. The van der Waals surface area contributed by atoms with Gasteiger partial charge < -0.3 is 28.6 Å². The van der Waals surface area contributed by atoms with Crippen LogP contribution in [0.4, 0.5) is 10.1 Å². The number of methoxy groups -OCH3 is 3. The van der Waals surface area contributed by atoms with E-state index in [4.69, 9.17) is 23.7 Å². The molecular formula is C30H32FNO6. The number of benzene rings is 3. The fourth-order valence-corrected chi connectivity index (χ4v) is 4.30. The van der Waals surface area contributed by atoms with Crippen molar-refractivity contribution in [3.8, 4) is 23.0 Å². The van der Waals surface area contributed by atoms with Gasteiger partial charge in [0.1, 0.15) is 17.1 Å². The van der Waals surface area contributed by atoms with Crippen molar-refractivity contribution in [2.75, 3.05) is 39.4 Å². The summed E-state index contributed by atoms with van der Waals surface area (Å²) in [6.45, 7) is 4.48. The number of carbonyl (C=O) groups is 1. The monoisotopic (exact) mass is 521 g/mol. The molecule has 1 amide bonds. The Labute approximate surface area is 222 Å². The summed E-state index contributed by atoms with van der Waals surface area (Å²) in [5.41, 5.74) is 1.44. The van der Waals surface area contributed by atoms with E-state index in [0.29, 0.717) is 23.7 Å². The maximum atomic E-state index is 15.7. The molecule has 3 aromatic carbocycles. The highest BCUT2D eigenvalue weighted by Crippen LogP contribution is 2.41. The second-order valence-electron chi connectivity index (χ2n) is 9.23. The minimum atomic E-state index is -0.717. The van der Waals surface area contributed by atoms with E-state index < -0.39 is 17.3 Å². The fraction of sp³-hybridized carbons (Fsp3) is 0.300. The predicted octanol–water partition coefficient (Wildman–Crippen LogP) is 5.90. The summed E-state index contributed by atoms with van der Waals surface area (Å²) in [6.07, 6.45) is 3.77. The van der Waals surface area contributed by atoms with Crippen molar-refractivity contribution in [1.29, 1.82) is 0 Å². The number of nitrogens with zero attached hydrogens (tertiary/aromatic N) is 1. The molecule has 0 unspecified atom stereocenters. The number of ether oxygens (including phenoxy) is 5. The molecule has 38 heavy (non-hydrogen) atoms. The number of anilines is 1. The molecule has 0 bridgehead atoms. The van der Waals surface area contributed by atoms with Gasteiger partial charge in [0.2, 0.25) is 0 Å². The van der Waals surface area contributed by atoms with Gasteiger partial charge in [0.05, 0.1) is 51.4 Å². The molecule has 0 spiro atoms. The Bertz CT molecular complexity index is 1320. The molecule has 1 aliphatic rings. The van der Waals surface area contributed by atoms with Gasteiger partial charge in [-0.3, -0.25) is 4.79 Å². The van der Waals surface area contributed by atoms with Crippen molar-refractivity contribution in [3.63, 3.8) is 0 Å². The van der Waals surface area contributed by atoms with Gasteiger partial charge in [0.15, 0.2) is 17.3 Å². The van der Waals surface area contributed by atoms with Crippen LogP contribution in [0.15, 0.2) is 60.7 Å². The minimum absolute atomic E-state index is 0.0312. The van der Waals surface area contributed by atoms with Gasteiger partial charge in [-0.15, -0.1) is 0 Å². The molecule has 8 heteroatoms. The highest BCUT2D eigenvalue weighted by atomic mass is 19.1. The zero-order valence-corrected chi connectivity index (χ0v) is 22.2. The maximum absolute atomic E-state index is 15.7. The number of amides is 1. The summed E-state index contributed by atoms with van der Waals surface area (Å²) < 4.78 is 43.7. The van der Waals surface area contributed by atoms with Crippen LogP contribution in [0, 0.1) is 5.82 Å². The second kappa shape index (κ2) is 11.6. The number of fused-ring (bicyclic) bond motifs is 1. The average molecular weight is 522 g/mol. The molecule has 3 aromatic rings. The normalized spacial score (nSPS) is 13.3. The van der Waals surface area contributed by atoms with E-state index >= 15 is 4.39 Å². The van der Waals surface area contributed by atoms with Crippen molar-refractivity contribution < 1.29 is 32.9 Å². The molecule has 200 valence electrons. The standard InChI is InChI=1S/C30H32FNO6/c1-30(2)16-15-21-24(38-30)13-11-22(27(21)35-4)29(33)32(17-18-37-19-20-9-7-6-8-10-20)23-12-14-25(34-3)28(36-5)26(23)31/h6-16H,17-19H2,1-5H3. The lowest BCUT2D eigenvalue weighted by molar-refractivity contribution is 0.0945. The lowest BCUT2D eigenvalue weighted by atomic mass is 9.99. The molecule has 0 aromatic heterocycles. The third-order valence-corrected chi connectivity index (χ3v) is 6.19. The van der Waals surface area contributed by atoms with Gasteiger partial charge in [0.25, 0.3) is 5.91 Å². The third kappa shape index (κ3) is 5.60. The van der Waals surface area contributed by atoms with Crippen molar-refractivity contribution in [2.45, 2.75) is 26.1 Å². The van der Waals surface area contributed by atoms with Crippen molar-refractivity contribution >= 4 is 17.7 Å². The van der Waals surface area contributed by atoms with Crippen LogP contribution in [0.3, 0.4) is 0 Å². The fourth-order valence-electron chi connectivity index (χ4n) is 4.30. The Hall–Kier alpha value is -4.04. The molecule has 0 N–H and O–H groups in total. The van der Waals surface area contributed by atoms with Crippen LogP contribution in [0.25, 0.3) is 6.08 Å². The molecule has 1 heterocycles. The van der Waals surface area contributed by atoms with Gasteiger partial charge in [-0.1, -0.05) is 30.3 Å². The summed E-state index contributed by atoms with van der Waals surface area (Å²) in [7, 11) is 4.26. The molecule has 0 saturated heterocycles. The molecule has 0 radical (unpaired) electrons.